The summed E-state index contributed by atoms with van der Waals surface area (Å²) in [5.41, 5.74) is 3.00. The lowest BCUT2D eigenvalue weighted by molar-refractivity contribution is 0.418. The van der Waals surface area contributed by atoms with Gasteiger partial charge < -0.3 is 9.72 Å². The number of fused-ring (bicyclic) bond motifs is 2. The Labute approximate surface area is 120 Å². The molecule has 4 heteroatoms. The van der Waals surface area contributed by atoms with Crippen molar-refractivity contribution in [2.24, 2.45) is 0 Å². The average molecular weight is 322 g/mol. The van der Waals surface area contributed by atoms with Crippen molar-refractivity contribution in [3.63, 3.8) is 0 Å². The van der Waals surface area contributed by atoms with Crippen LogP contribution in [0.25, 0.3) is 10.9 Å². The van der Waals surface area contributed by atoms with Crippen molar-refractivity contribution in [2.75, 3.05) is 7.11 Å². The minimum absolute atomic E-state index is 0.149. The summed E-state index contributed by atoms with van der Waals surface area (Å²) < 4.78 is 6.20. The summed E-state index contributed by atoms with van der Waals surface area (Å²) in [6, 6.07) is 3.75. The van der Waals surface area contributed by atoms with E-state index in [1.807, 2.05) is 12.1 Å². The Morgan fingerprint density at radius 3 is 2.79 bits per heavy atom. The van der Waals surface area contributed by atoms with Gasteiger partial charge in [0.2, 0.25) is 0 Å². The molecule has 0 unspecified atom stereocenters. The van der Waals surface area contributed by atoms with Crippen LogP contribution in [0.3, 0.4) is 0 Å². The minimum Gasteiger partial charge on any atom is -0.495 e. The van der Waals surface area contributed by atoms with Gasteiger partial charge in [0.25, 0.3) is 0 Å². The van der Waals surface area contributed by atoms with Crippen molar-refractivity contribution in [3.05, 3.63) is 38.1 Å². The summed E-state index contributed by atoms with van der Waals surface area (Å²) in [6.07, 6.45) is 5.27. The number of hydrogen-bond acceptors (Lipinski definition) is 2. The Kier molecular flexibility index (Phi) is 3.35. The smallest absolute Gasteiger partial charge is 0.194 e. The molecule has 0 aliphatic heterocycles. The third kappa shape index (κ3) is 2.08. The number of aromatic nitrogens is 1. The van der Waals surface area contributed by atoms with Crippen molar-refractivity contribution >= 4 is 26.8 Å². The van der Waals surface area contributed by atoms with Crippen LogP contribution in [-0.2, 0) is 12.8 Å². The van der Waals surface area contributed by atoms with Gasteiger partial charge in [0.15, 0.2) is 5.43 Å². The van der Waals surface area contributed by atoms with Crippen molar-refractivity contribution in [1.82, 2.24) is 4.98 Å². The molecule has 0 radical (unpaired) electrons. The highest BCUT2D eigenvalue weighted by molar-refractivity contribution is 9.10. The normalized spacial score (nSPS) is 15.1. The first-order valence-corrected chi connectivity index (χ1v) is 7.42. The Hall–Kier alpha value is -1.29. The lowest BCUT2D eigenvalue weighted by Crippen LogP contribution is -2.15. The first-order valence-electron chi connectivity index (χ1n) is 6.62. The van der Waals surface area contributed by atoms with Crippen LogP contribution >= 0.6 is 15.9 Å². The van der Waals surface area contributed by atoms with Crippen molar-refractivity contribution in [2.45, 2.75) is 32.1 Å². The standard InChI is InChI=1S/C15H16BrNO2/c1-19-12-8-7-10(16)13-14(12)17-11-6-4-2-3-5-9(11)15(13)18/h7-8H,2-6H2,1H3,(H,17,18). The van der Waals surface area contributed by atoms with Gasteiger partial charge in [0, 0.05) is 15.7 Å². The number of ether oxygens (including phenoxy) is 1. The molecule has 1 aromatic heterocycles. The molecule has 0 fully saturated rings. The minimum atomic E-state index is 0.149. The second-order valence-electron chi connectivity index (χ2n) is 4.97. The van der Waals surface area contributed by atoms with Gasteiger partial charge in [-0.1, -0.05) is 6.42 Å². The molecule has 19 heavy (non-hydrogen) atoms. The third-order valence-electron chi connectivity index (χ3n) is 3.83. The summed E-state index contributed by atoms with van der Waals surface area (Å²) in [5.74, 6) is 0.724. The van der Waals surface area contributed by atoms with Crippen LogP contribution in [-0.4, -0.2) is 12.1 Å². The van der Waals surface area contributed by atoms with E-state index in [4.69, 9.17) is 4.74 Å². The molecule has 0 amide bonds. The summed E-state index contributed by atoms with van der Waals surface area (Å²) >= 11 is 3.48. The summed E-state index contributed by atoms with van der Waals surface area (Å²) in [5, 5.41) is 0.708. The molecule has 1 aromatic carbocycles. The molecular formula is C15H16BrNO2. The highest BCUT2D eigenvalue weighted by Gasteiger charge is 2.18. The number of pyridine rings is 1. The van der Waals surface area contributed by atoms with E-state index in [0.717, 1.165) is 52.7 Å². The van der Waals surface area contributed by atoms with E-state index in [9.17, 15) is 4.79 Å². The number of rotatable bonds is 1. The van der Waals surface area contributed by atoms with Crippen LogP contribution in [0.5, 0.6) is 5.75 Å². The maximum Gasteiger partial charge on any atom is 0.194 e. The fraction of sp³-hybridized carbons (Fsp3) is 0.400. The van der Waals surface area contributed by atoms with Crippen molar-refractivity contribution < 1.29 is 4.74 Å². The van der Waals surface area contributed by atoms with Crippen LogP contribution in [0.2, 0.25) is 0 Å². The quantitative estimate of drug-likeness (QED) is 0.816. The van der Waals surface area contributed by atoms with Crippen molar-refractivity contribution in [1.29, 1.82) is 0 Å². The number of halogens is 1. The van der Waals surface area contributed by atoms with Gasteiger partial charge >= 0.3 is 0 Å². The van der Waals surface area contributed by atoms with E-state index >= 15 is 0 Å². The average Bonchev–Trinajstić information content (AvgIpc) is 2.64. The Bertz CT molecular complexity index is 691. The van der Waals surface area contributed by atoms with Crippen LogP contribution in [0.15, 0.2) is 21.4 Å². The first-order chi connectivity index (χ1) is 9.22. The van der Waals surface area contributed by atoms with Crippen LogP contribution in [0.4, 0.5) is 0 Å². The highest BCUT2D eigenvalue weighted by Crippen LogP contribution is 2.30. The van der Waals surface area contributed by atoms with E-state index in [1.54, 1.807) is 7.11 Å². The lowest BCUT2D eigenvalue weighted by atomic mass is 10.0. The van der Waals surface area contributed by atoms with Crippen LogP contribution < -0.4 is 10.2 Å². The number of aromatic amines is 1. The fourth-order valence-corrected chi connectivity index (χ4v) is 3.36. The van der Waals surface area contributed by atoms with E-state index in [2.05, 4.69) is 20.9 Å². The summed E-state index contributed by atoms with van der Waals surface area (Å²) in [6.45, 7) is 0. The topological polar surface area (TPSA) is 42.1 Å². The van der Waals surface area contributed by atoms with Crippen molar-refractivity contribution in [3.8, 4) is 5.75 Å². The van der Waals surface area contributed by atoms with E-state index in [-0.39, 0.29) is 5.43 Å². The van der Waals surface area contributed by atoms with Gasteiger partial charge in [-0.05, 0) is 53.7 Å². The number of methoxy groups -OCH3 is 1. The number of hydrogen-bond donors (Lipinski definition) is 1. The summed E-state index contributed by atoms with van der Waals surface area (Å²) in [4.78, 5) is 16.1. The molecule has 0 atom stereocenters. The molecule has 1 heterocycles. The van der Waals surface area contributed by atoms with Gasteiger partial charge in [0.05, 0.1) is 18.0 Å². The zero-order valence-corrected chi connectivity index (χ0v) is 12.5. The number of benzene rings is 1. The number of nitrogens with one attached hydrogen (secondary N) is 1. The Morgan fingerprint density at radius 2 is 2.00 bits per heavy atom. The zero-order valence-electron chi connectivity index (χ0n) is 10.9. The monoisotopic (exact) mass is 321 g/mol. The Morgan fingerprint density at radius 1 is 1.21 bits per heavy atom. The Balaban J connectivity index is 2.40. The summed E-state index contributed by atoms with van der Waals surface area (Å²) in [7, 11) is 1.63. The maximum atomic E-state index is 12.7. The molecule has 100 valence electrons. The molecule has 3 nitrogen and oxygen atoms in total. The molecular weight excluding hydrogens is 306 g/mol. The highest BCUT2D eigenvalue weighted by atomic mass is 79.9. The number of aryl methyl sites for hydroxylation is 1. The molecule has 0 spiro atoms. The molecule has 1 aliphatic rings. The van der Waals surface area contributed by atoms with Gasteiger partial charge in [-0.2, -0.15) is 0 Å². The third-order valence-corrected chi connectivity index (χ3v) is 4.49. The van der Waals surface area contributed by atoms with E-state index < -0.39 is 0 Å². The van der Waals surface area contributed by atoms with Gasteiger partial charge in [-0.15, -0.1) is 0 Å². The van der Waals surface area contributed by atoms with Gasteiger partial charge in [-0.25, -0.2) is 0 Å². The molecule has 1 N–H and O–H groups in total. The second kappa shape index (κ2) is 5.00. The maximum absolute atomic E-state index is 12.7. The molecule has 1 aliphatic carbocycles. The van der Waals surface area contributed by atoms with Gasteiger partial charge in [-0.3, -0.25) is 4.79 Å². The van der Waals surface area contributed by atoms with Crippen LogP contribution in [0, 0.1) is 0 Å². The first kappa shape index (κ1) is 12.7. The van der Waals surface area contributed by atoms with E-state index in [1.165, 1.54) is 6.42 Å². The van der Waals surface area contributed by atoms with Crippen LogP contribution in [0.1, 0.15) is 30.5 Å². The predicted molar refractivity (Wildman–Crippen MR) is 80.1 cm³/mol. The molecule has 2 aromatic rings. The second-order valence-corrected chi connectivity index (χ2v) is 5.83. The van der Waals surface area contributed by atoms with Gasteiger partial charge in [0.1, 0.15) is 5.75 Å². The predicted octanol–water partition coefficient (Wildman–Crippen LogP) is 3.57. The molecule has 3 rings (SSSR count). The molecule has 0 bridgehead atoms. The largest absolute Gasteiger partial charge is 0.495 e. The number of H-pyrrole nitrogens is 1. The SMILES string of the molecule is COc1ccc(Br)c2c(=O)c3c([nH]c12)CCCCC3. The molecule has 0 saturated heterocycles. The molecule has 0 saturated carbocycles. The zero-order chi connectivity index (χ0) is 13.4. The fourth-order valence-electron chi connectivity index (χ4n) is 2.85. The van der Waals surface area contributed by atoms with E-state index in [0.29, 0.717) is 5.39 Å². The lowest BCUT2D eigenvalue weighted by Gasteiger charge is -2.12.